The van der Waals surface area contributed by atoms with E-state index in [2.05, 4.69) is 4.74 Å². The van der Waals surface area contributed by atoms with Crippen LogP contribution in [0.25, 0.3) is 0 Å². The molecule has 0 aliphatic carbocycles. The lowest BCUT2D eigenvalue weighted by Crippen LogP contribution is -2.13. The number of halogens is 4. The van der Waals surface area contributed by atoms with Gasteiger partial charge in [0.25, 0.3) is 0 Å². The fourth-order valence-corrected chi connectivity index (χ4v) is 1.22. The van der Waals surface area contributed by atoms with Crippen LogP contribution in [-0.2, 0) is 9.53 Å². The average molecular weight is 265 g/mol. The fourth-order valence-electron chi connectivity index (χ4n) is 1.16. The molecule has 0 aromatic heterocycles. The maximum atomic E-state index is 13.2. The van der Waals surface area contributed by atoms with Crippen LogP contribution in [0.15, 0.2) is 42.2 Å². The second kappa shape index (κ2) is 6.30. The molecular formula is C11H8ClF3O2. The minimum Gasteiger partial charge on any atom is -0.449 e. The van der Waals surface area contributed by atoms with Crippen LogP contribution in [0, 0.1) is 0 Å². The van der Waals surface area contributed by atoms with Gasteiger partial charge in [-0.25, -0.2) is 4.39 Å². The van der Waals surface area contributed by atoms with Crippen LogP contribution in [0.3, 0.4) is 0 Å². The summed E-state index contributed by atoms with van der Waals surface area (Å²) < 4.78 is 42.1. The molecule has 2 nitrogen and oxygen atoms in total. The van der Waals surface area contributed by atoms with Gasteiger partial charge in [-0.3, -0.25) is 4.79 Å². The van der Waals surface area contributed by atoms with E-state index in [4.69, 9.17) is 11.6 Å². The first-order valence-corrected chi connectivity index (χ1v) is 5.10. The molecule has 0 bridgehead atoms. The lowest BCUT2D eigenvalue weighted by Gasteiger charge is -2.15. The molecule has 1 aromatic carbocycles. The second-order valence-corrected chi connectivity index (χ2v) is 3.29. The largest absolute Gasteiger partial charge is 0.449 e. The Bertz CT molecular complexity index is 416. The predicted molar refractivity (Wildman–Crippen MR) is 56.3 cm³/mol. The second-order valence-electron chi connectivity index (χ2n) is 3.02. The highest BCUT2D eigenvalue weighted by molar-refractivity contribution is 6.26. The van der Waals surface area contributed by atoms with E-state index in [1.807, 2.05) is 0 Å². The van der Waals surface area contributed by atoms with Gasteiger partial charge in [0.05, 0.1) is 0 Å². The Morgan fingerprint density at radius 3 is 2.29 bits per heavy atom. The summed E-state index contributed by atoms with van der Waals surface area (Å²) in [6, 6.07) is 7.39. The molecule has 1 aromatic rings. The molecule has 6 heteroatoms. The quantitative estimate of drug-likeness (QED) is 0.614. The van der Waals surface area contributed by atoms with Gasteiger partial charge in [-0.2, -0.15) is 8.78 Å². The first kappa shape index (κ1) is 13.6. The molecule has 0 saturated heterocycles. The van der Waals surface area contributed by atoms with E-state index in [9.17, 15) is 18.0 Å². The summed E-state index contributed by atoms with van der Waals surface area (Å²) in [7, 11) is 0. The number of rotatable bonds is 4. The maximum Gasteiger partial charge on any atom is 0.321 e. The average Bonchev–Trinajstić information content (AvgIpc) is 2.35. The number of hydrogen-bond acceptors (Lipinski definition) is 2. The van der Waals surface area contributed by atoms with E-state index in [1.54, 1.807) is 6.07 Å². The van der Waals surface area contributed by atoms with Gasteiger partial charge in [-0.15, -0.1) is 11.6 Å². The van der Waals surface area contributed by atoms with E-state index in [1.165, 1.54) is 24.3 Å². The molecule has 1 rings (SSSR count). The maximum absolute atomic E-state index is 13.2. The summed E-state index contributed by atoms with van der Waals surface area (Å²) in [6.07, 6.45) is -4.28. The number of carbonyl (C=O) groups excluding carboxylic acids is 1. The van der Waals surface area contributed by atoms with Crippen LogP contribution < -0.4 is 0 Å². The number of hydrogen-bond donors (Lipinski definition) is 0. The van der Waals surface area contributed by atoms with Crippen LogP contribution in [0.5, 0.6) is 0 Å². The molecule has 0 radical (unpaired) electrons. The summed E-state index contributed by atoms with van der Waals surface area (Å²) in [4.78, 5) is 10.9. The normalized spacial score (nSPS) is 11.8. The van der Waals surface area contributed by atoms with Crippen molar-refractivity contribution in [3.8, 4) is 0 Å². The molecule has 0 aliphatic rings. The van der Waals surface area contributed by atoms with E-state index in [0.29, 0.717) is 0 Å². The van der Waals surface area contributed by atoms with Gasteiger partial charge in [0.2, 0.25) is 5.83 Å². The fraction of sp³-hybridized carbons (Fsp3) is 0.182. The first-order valence-electron chi connectivity index (χ1n) is 4.57. The zero-order valence-electron chi connectivity index (χ0n) is 8.50. The minimum absolute atomic E-state index is 0.108. The van der Waals surface area contributed by atoms with Crippen molar-refractivity contribution in [2.24, 2.45) is 0 Å². The molecule has 92 valence electrons. The van der Waals surface area contributed by atoms with Crippen LogP contribution in [-0.4, -0.2) is 11.8 Å². The highest BCUT2D eigenvalue weighted by Gasteiger charge is 2.25. The predicted octanol–water partition coefficient (Wildman–Crippen LogP) is 3.59. The Balaban J connectivity index is 3.04. The lowest BCUT2D eigenvalue weighted by molar-refractivity contribution is -0.145. The van der Waals surface area contributed by atoms with Crippen LogP contribution in [0.2, 0.25) is 0 Å². The molecule has 1 atom stereocenters. The molecule has 0 N–H and O–H groups in total. The summed E-state index contributed by atoms with van der Waals surface area (Å²) >= 11 is 5.17. The van der Waals surface area contributed by atoms with Crippen LogP contribution in [0.4, 0.5) is 13.2 Å². The Labute approximate surface area is 101 Å². The molecular weight excluding hydrogens is 257 g/mol. The Morgan fingerprint density at radius 2 is 1.82 bits per heavy atom. The minimum atomic E-state index is -2.53. The molecule has 0 fully saturated rings. The van der Waals surface area contributed by atoms with Crippen molar-refractivity contribution in [2.45, 2.75) is 6.10 Å². The van der Waals surface area contributed by atoms with Gasteiger partial charge < -0.3 is 4.74 Å². The zero-order valence-corrected chi connectivity index (χ0v) is 9.26. The van der Waals surface area contributed by atoms with Crippen LogP contribution in [0.1, 0.15) is 11.7 Å². The van der Waals surface area contributed by atoms with Gasteiger partial charge in [0.1, 0.15) is 5.88 Å². The van der Waals surface area contributed by atoms with Gasteiger partial charge in [-0.1, -0.05) is 30.3 Å². The molecule has 0 unspecified atom stereocenters. The van der Waals surface area contributed by atoms with Crippen molar-refractivity contribution in [1.82, 2.24) is 0 Å². The molecule has 0 spiro atoms. The Kier molecular flexibility index (Phi) is 5.03. The number of benzene rings is 1. The van der Waals surface area contributed by atoms with Crippen molar-refractivity contribution in [2.75, 3.05) is 5.88 Å². The van der Waals surface area contributed by atoms with Crippen molar-refractivity contribution < 1.29 is 22.7 Å². The molecule has 0 aliphatic heterocycles. The molecule has 0 saturated carbocycles. The summed E-state index contributed by atoms with van der Waals surface area (Å²) in [5.74, 6) is -3.31. The van der Waals surface area contributed by atoms with Gasteiger partial charge >= 0.3 is 12.0 Å². The molecule has 0 heterocycles. The van der Waals surface area contributed by atoms with Crippen molar-refractivity contribution in [3.05, 3.63) is 47.8 Å². The van der Waals surface area contributed by atoms with Gasteiger partial charge in [0.15, 0.2) is 6.10 Å². The Morgan fingerprint density at radius 1 is 1.24 bits per heavy atom. The smallest absolute Gasteiger partial charge is 0.321 e. The van der Waals surface area contributed by atoms with E-state index >= 15 is 0 Å². The van der Waals surface area contributed by atoms with Crippen molar-refractivity contribution in [3.63, 3.8) is 0 Å². The third kappa shape index (κ3) is 3.78. The van der Waals surface area contributed by atoms with Crippen LogP contribution >= 0.6 is 11.6 Å². The zero-order chi connectivity index (χ0) is 12.8. The third-order valence-corrected chi connectivity index (χ3v) is 2.09. The highest BCUT2D eigenvalue weighted by atomic mass is 35.5. The lowest BCUT2D eigenvalue weighted by atomic mass is 10.1. The molecule has 0 amide bonds. The topological polar surface area (TPSA) is 26.3 Å². The third-order valence-electron chi connectivity index (χ3n) is 1.87. The number of ether oxygens (including phenoxy) is 1. The first-order chi connectivity index (χ1) is 8.06. The summed E-state index contributed by atoms with van der Waals surface area (Å²) in [6.45, 7) is 0. The monoisotopic (exact) mass is 264 g/mol. The summed E-state index contributed by atoms with van der Waals surface area (Å²) in [5.41, 5.74) is 0.108. The highest BCUT2D eigenvalue weighted by Crippen LogP contribution is 2.30. The van der Waals surface area contributed by atoms with Gasteiger partial charge in [-0.05, 0) is 5.56 Å². The number of alkyl halides is 1. The SMILES string of the molecule is O=C(CCl)O[C@@H](C(F)=C(F)F)c1ccccc1. The van der Waals surface area contributed by atoms with E-state index in [-0.39, 0.29) is 5.56 Å². The van der Waals surface area contributed by atoms with Gasteiger partial charge in [0, 0.05) is 0 Å². The van der Waals surface area contributed by atoms with Crippen molar-refractivity contribution in [1.29, 1.82) is 0 Å². The molecule has 17 heavy (non-hydrogen) atoms. The Hall–Kier alpha value is -1.49. The number of carbonyl (C=O) groups is 1. The van der Waals surface area contributed by atoms with E-state index in [0.717, 1.165) is 0 Å². The standard InChI is InChI=1S/C11H8ClF3O2/c12-6-8(16)17-10(9(13)11(14)15)7-4-2-1-3-5-7/h1-5,10H,6H2/t10-/m1/s1. The van der Waals surface area contributed by atoms with E-state index < -0.39 is 29.9 Å². The summed E-state index contributed by atoms with van der Waals surface area (Å²) in [5, 5.41) is 0. The number of esters is 1. The van der Waals surface area contributed by atoms with Crippen molar-refractivity contribution >= 4 is 17.6 Å².